The molecule has 0 bridgehead atoms. The summed E-state index contributed by atoms with van der Waals surface area (Å²) in [6, 6.07) is 7.06. The van der Waals surface area contributed by atoms with Crippen LogP contribution in [0.25, 0.3) is 0 Å². The Hall–Kier alpha value is -1.13. The molecular formula is C14H17ClFNO2. The van der Waals surface area contributed by atoms with Crippen LogP contribution in [-0.4, -0.2) is 24.2 Å². The summed E-state index contributed by atoms with van der Waals surface area (Å²) in [7, 11) is 0. The molecule has 0 aliphatic carbocycles. The van der Waals surface area contributed by atoms with Crippen LogP contribution in [0, 0.1) is 0 Å². The summed E-state index contributed by atoms with van der Waals surface area (Å²) >= 11 is 5.84. The molecule has 1 heterocycles. The molecule has 5 heteroatoms. The third-order valence-electron chi connectivity index (χ3n) is 3.15. The Bertz CT molecular complexity index is 456. The highest BCUT2D eigenvalue weighted by molar-refractivity contribution is 6.30. The number of alkyl halides is 1. The number of halogens is 2. The van der Waals surface area contributed by atoms with Gasteiger partial charge < -0.3 is 10.1 Å². The lowest BCUT2D eigenvalue weighted by atomic mass is 10.0. The van der Waals surface area contributed by atoms with Gasteiger partial charge in [-0.15, -0.1) is 0 Å². The van der Waals surface area contributed by atoms with Crippen LogP contribution in [0.2, 0.25) is 5.02 Å². The number of nitrogens with one attached hydrogen (secondary N) is 1. The highest BCUT2D eigenvalue weighted by atomic mass is 35.5. The minimum absolute atomic E-state index is 0.205. The minimum Gasteiger partial charge on any atom is -0.371 e. The lowest BCUT2D eigenvalue weighted by molar-refractivity contribution is -0.132. The van der Waals surface area contributed by atoms with Crippen LogP contribution in [0.15, 0.2) is 24.3 Å². The molecule has 1 aliphatic rings. The molecule has 19 heavy (non-hydrogen) atoms. The van der Waals surface area contributed by atoms with Crippen LogP contribution in [0.5, 0.6) is 0 Å². The maximum atomic E-state index is 13.5. The van der Waals surface area contributed by atoms with Gasteiger partial charge in [-0.3, -0.25) is 4.79 Å². The van der Waals surface area contributed by atoms with Crippen LogP contribution in [-0.2, 0) is 9.53 Å². The van der Waals surface area contributed by atoms with E-state index in [1.165, 1.54) is 13.8 Å². The van der Waals surface area contributed by atoms with E-state index < -0.39 is 11.6 Å². The molecule has 1 amide bonds. The molecule has 0 radical (unpaired) electrons. The van der Waals surface area contributed by atoms with Gasteiger partial charge >= 0.3 is 0 Å². The molecular weight excluding hydrogens is 269 g/mol. The molecule has 1 aromatic rings. The number of ether oxygens (including phenoxy) is 1. The van der Waals surface area contributed by atoms with Crippen LogP contribution in [0.4, 0.5) is 4.39 Å². The normalized spacial score (nSPS) is 23.4. The third-order valence-corrected chi connectivity index (χ3v) is 3.40. The highest BCUT2D eigenvalue weighted by Gasteiger charge is 2.35. The van der Waals surface area contributed by atoms with Crippen molar-refractivity contribution in [3.63, 3.8) is 0 Å². The van der Waals surface area contributed by atoms with E-state index in [0.29, 0.717) is 18.1 Å². The first-order valence-corrected chi connectivity index (χ1v) is 6.62. The predicted molar refractivity (Wildman–Crippen MR) is 71.9 cm³/mol. The monoisotopic (exact) mass is 285 g/mol. The van der Waals surface area contributed by atoms with Crippen molar-refractivity contribution in [3.8, 4) is 0 Å². The third kappa shape index (κ3) is 3.45. The van der Waals surface area contributed by atoms with E-state index in [0.717, 1.165) is 5.56 Å². The van der Waals surface area contributed by atoms with Crippen molar-refractivity contribution >= 4 is 17.5 Å². The summed E-state index contributed by atoms with van der Waals surface area (Å²) in [4.78, 5) is 11.7. The van der Waals surface area contributed by atoms with Gasteiger partial charge in [-0.05, 0) is 38.0 Å². The fraction of sp³-hybridized carbons (Fsp3) is 0.500. The molecule has 1 fully saturated rings. The molecule has 104 valence electrons. The minimum atomic E-state index is -1.88. The molecule has 0 saturated carbocycles. The maximum Gasteiger partial charge on any atom is 0.257 e. The van der Waals surface area contributed by atoms with Gasteiger partial charge in [-0.1, -0.05) is 23.7 Å². The maximum absolute atomic E-state index is 13.5. The quantitative estimate of drug-likeness (QED) is 0.927. The average molecular weight is 286 g/mol. The second-order valence-corrected chi connectivity index (χ2v) is 5.62. The van der Waals surface area contributed by atoms with Crippen molar-refractivity contribution in [1.82, 2.24) is 5.32 Å². The van der Waals surface area contributed by atoms with Gasteiger partial charge in [0.15, 0.2) is 5.67 Å². The zero-order chi connectivity index (χ0) is 14.0. The van der Waals surface area contributed by atoms with Crippen molar-refractivity contribution in [2.75, 3.05) is 6.61 Å². The van der Waals surface area contributed by atoms with Gasteiger partial charge in [-0.25, -0.2) is 4.39 Å². The number of hydrogen-bond donors (Lipinski definition) is 1. The molecule has 0 unspecified atom stereocenters. The molecule has 2 atom stereocenters. The smallest absolute Gasteiger partial charge is 0.257 e. The fourth-order valence-electron chi connectivity index (χ4n) is 2.06. The first-order valence-electron chi connectivity index (χ1n) is 6.25. The van der Waals surface area contributed by atoms with Crippen LogP contribution < -0.4 is 5.32 Å². The van der Waals surface area contributed by atoms with Gasteiger partial charge in [0.1, 0.15) is 6.10 Å². The highest BCUT2D eigenvalue weighted by Crippen LogP contribution is 2.30. The summed E-state index contributed by atoms with van der Waals surface area (Å²) in [6.45, 7) is 3.04. The molecule has 1 saturated heterocycles. The van der Waals surface area contributed by atoms with E-state index in [2.05, 4.69) is 5.32 Å². The molecule has 1 aromatic carbocycles. The average Bonchev–Trinajstić information content (AvgIpc) is 2.77. The van der Waals surface area contributed by atoms with E-state index in [9.17, 15) is 9.18 Å². The van der Waals surface area contributed by atoms with E-state index in [4.69, 9.17) is 16.3 Å². The fourth-order valence-corrected chi connectivity index (χ4v) is 2.18. The van der Waals surface area contributed by atoms with Gasteiger partial charge in [0, 0.05) is 11.6 Å². The molecule has 2 rings (SSSR count). The van der Waals surface area contributed by atoms with Crippen molar-refractivity contribution < 1.29 is 13.9 Å². The van der Waals surface area contributed by atoms with Crippen LogP contribution >= 0.6 is 11.6 Å². The second-order valence-electron chi connectivity index (χ2n) is 5.18. The number of carbonyl (C=O) groups excluding carboxylic acids is 1. The predicted octanol–water partition coefficient (Wildman–Crippen LogP) is 3.03. The van der Waals surface area contributed by atoms with Gasteiger partial charge in [0.25, 0.3) is 5.91 Å². The Kier molecular flexibility index (Phi) is 4.11. The lowest BCUT2D eigenvalue weighted by Crippen LogP contribution is -2.45. The zero-order valence-electron chi connectivity index (χ0n) is 11.0. The second kappa shape index (κ2) is 5.47. The zero-order valence-corrected chi connectivity index (χ0v) is 11.7. The SMILES string of the molecule is CC(C)(F)C(=O)N[C@H]1CCO[C@@H]1c1ccc(Cl)cc1. The van der Waals surface area contributed by atoms with E-state index in [1.807, 2.05) is 12.1 Å². The van der Waals surface area contributed by atoms with Crippen molar-refractivity contribution in [3.05, 3.63) is 34.9 Å². The van der Waals surface area contributed by atoms with Crippen molar-refractivity contribution in [1.29, 1.82) is 0 Å². The van der Waals surface area contributed by atoms with E-state index >= 15 is 0 Å². The lowest BCUT2D eigenvalue weighted by Gasteiger charge is -2.23. The van der Waals surface area contributed by atoms with Crippen molar-refractivity contribution in [2.45, 2.75) is 38.1 Å². The number of rotatable bonds is 3. The molecule has 1 N–H and O–H groups in total. The topological polar surface area (TPSA) is 38.3 Å². The summed E-state index contributed by atoms with van der Waals surface area (Å²) in [5.41, 5.74) is -0.948. The standard InChI is InChI=1S/C14H17ClFNO2/c1-14(2,16)13(18)17-11-7-8-19-12(11)9-3-5-10(15)6-4-9/h3-6,11-12H,7-8H2,1-2H3,(H,17,18)/t11-,12+/m0/s1. The Morgan fingerprint density at radius 2 is 2.05 bits per heavy atom. The largest absolute Gasteiger partial charge is 0.371 e. The van der Waals surface area contributed by atoms with Gasteiger partial charge in [0.2, 0.25) is 0 Å². The van der Waals surface area contributed by atoms with E-state index in [-0.39, 0.29) is 12.1 Å². The Labute approximate surface area is 117 Å². The molecule has 3 nitrogen and oxygen atoms in total. The van der Waals surface area contributed by atoms with Gasteiger partial charge in [-0.2, -0.15) is 0 Å². The first-order chi connectivity index (χ1) is 8.88. The summed E-state index contributed by atoms with van der Waals surface area (Å²) in [5.74, 6) is -0.609. The molecule has 0 aromatic heterocycles. The summed E-state index contributed by atoms with van der Waals surface area (Å²) in [5, 5.41) is 3.36. The van der Waals surface area contributed by atoms with E-state index in [1.54, 1.807) is 12.1 Å². The number of carbonyl (C=O) groups is 1. The Morgan fingerprint density at radius 3 is 2.63 bits per heavy atom. The van der Waals surface area contributed by atoms with Crippen LogP contribution in [0.1, 0.15) is 31.9 Å². The Balaban J connectivity index is 2.09. The number of amides is 1. The molecule has 1 aliphatic heterocycles. The number of benzene rings is 1. The number of hydrogen-bond acceptors (Lipinski definition) is 2. The summed E-state index contributed by atoms with van der Waals surface area (Å²) in [6.07, 6.45) is 0.429. The summed E-state index contributed by atoms with van der Waals surface area (Å²) < 4.78 is 19.2. The van der Waals surface area contributed by atoms with Crippen LogP contribution in [0.3, 0.4) is 0 Å². The Morgan fingerprint density at radius 1 is 1.42 bits per heavy atom. The first kappa shape index (κ1) is 14.3. The van der Waals surface area contributed by atoms with Gasteiger partial charge in [0.05, 0.1) is 6.04 Å². The van der Waals surface area contributed by atoms with Crippen molar-refractivity contribution in [2.24, 2.45) is 0 Å². The molecule has 0 spiro atoms.